The molecule has 3 rings (SSSR count). The highest BCUT2D eigenvalue weighted by atomic mass is 35.5. The van der Waals surface area contributed by atoms with Gasteiger partial charge in [0, 0.05) is 18.6 Å². The summed E-state index contributed by atoms with van der Waals surface area (Å²) >= 11 is 5.83. The van der Waals surface area contributed by atoms with Crippen LogP contribution in [0, 0.1) is 0 Å². The second-order valence-electron chi connectivity index (χ2n) is 7.55. The first kappa shape index (κ1) is 23.5. The Labute approximate surface area is 189 Å². The molecule has 1 atom stereocenters. The molecule has 0 spiro atoms. The van der Waals surface area contributed by atoms with E-state index in [1.54, 1.807) is 7.11 Å². The second kappa shape index (κ2) is 10.5. The first-order chi connectivity index (χ1) is 14.8. The average Bonchev–Trinajstić information content (AvgIpc) is 3.29. The quantitative estimate of drug-likeness (QED) is 0.616. The summed E-state index contributed by atoms with van der Waals surface area (Å²) in [6.45, 7) is 2.08. The Morgan fingerprint density at radius 2 is 1.74 bits per heavy atom. The van der Waals surface area contributed by atoms with Crippen molar-refractivity contribution in [2.24, 2.45) is 0 Å². The molecule has 7 nitrogen and oxygen atoms in total. The van der Waals surface area contributed by atoms with Gasteiger partial charge in [0.2, 0.25) is 15.9 Å². The number of sulfonamides is 1. The number of likely N-dealkylation sites (N-methyl/N-ethyl adjacent to an activating group) is 1. The van der Waals surface area contributed by atoms with Crippen LogP contribution >= 0.6 is 11.6 Å². The molecule has 1 fully saturated rings. The summed E-state index contributed by atoms with van der Waals surface area (Å²) in [4.78, 5) is 15.0. The molecule has 0 aromatic heterocycles. The number of hydrogen-bond acceptors (Lipinski definition) is 5. The van der Waals surface area contributed by atoms with Crippen molar-refractivity contribution in [2.75, 3.05) is 40.3 Å². The van der Waals surface area contributed by atoms with Gasteiger partial charge in [0.05, 0.1) is 24.6 Å². The minimum absolute atomic E-state index is 0.0236. The molecule has 0 radical (unpaired) electrons. The highest BCUT2D eigenvalue weighted by molar-refractivity contribution is 7.89. The average molecular weight is 466 g/mol. The first-order valence-electron chi connectivity index (χ1n) is 10.2. The summed E-state index contributed by atoms with van der Waals surface area (Å²) in [7, 11) is -0.755. The Morgan fingerprint density at radius 1 is 1.13 bits per heavy atom. The number of methoxy groups -OCH3 is 1. The molecule has 1 heterocycles. The molecular formula is C22H28ClN3O4S. The highest BCUT2D eigenvalue weighted by Crippen LogP contribution is 2.26. The molecule has 0 bridgehead atoms. The van der Waals surface area contributed by atoms with Crippen molar-refractivity contribution in [2.45, 2.75) is 23.8 Å². The van der Waals surface area contributed by atoms with Crippen LogP contribution in [0.1, 0.15) is 24.4 Å². The largest absolute Gasteiger partial charge is 0.497 e. The topological polar surface area (TPSA) is 79.0 Å². The lowest BCUT2D eigenvalue weighted by Crippen LogP contribution is -2.42. The van der Waals surface area contributed by atoms with E-state index >= 15 is 0 Å². The number of nitrogens with one attached hydrogen (secondary N) is 1. The van der Waals surface area contributed by atoms with E-state index in [0.29, 0.717) is 11.6 Å². The van der Waals surface area contributed by atoms with Crippen LogP contribution in [0.3, 0.4) is 0 Å². The fourth-order valence-electron chi connectivity index (χ4n) is 3.68. The van der Waals surface area contributed by atoms with Crippen LogP contribution in [-0.4, -0.2) is 63.9 Å². The number of rotatable bonds is 9. The summed E-state index contributed by atoms with van der Waals surface area (Å²) in [6, 6.07) is 13.7. The maximum absolute atomic E-state index is 12.7. The van der Waals surface area contributed by atoms with Crippen molar-refractivity contribution in [1.29, 1.82) is 0 Å². The van der Waals surface area contributed by atoms with Crippen molar-refractivity contribution < 1.29 is 17.9 Å². The molecule has 2 aromatic rings. The molecule has 1 unspecified atom stereocenters. The predicted molar refractivity (Wildman–Crippen MR) is 121 cm³/mol. The van der Waals surface area contributed by atoms with E-state index in [2.05, 4.69) is 10.2 Å². The van der Waals surface area contributed by atoms with E-state index in [4.69, 9.17) is 16.3 Å². The standard InChI is InChI=1S/C22H28ClN3O4S/c1-25(31(28,29)20-11-7-18(23)8-12-20)16-22(27)24-15-21(26-13-3-4-14-26)17-5-9-19(30-2)10-6-17/h5-12,21H,3-4,13-16H2,1-2H3,(H,24,27). The van der Waals surface area contributed by atoms with Gasteiger partial charge in [0.1, 0.15) is 5.75 Å². The van der Waals surface area contributed by atoms with Gasteiger partial charge >= 0.3 is 0 Å². The molecule has 1 amide bonds. The van der Waals surface area contributed by atoms with Gasteiger partial charge in [-0.1, -0.05) is 23.7 Å². The van der Waals surface area contributed by atoms with Crippen molar-refractivity contribution in [3.05, 3.63) is 59.1 Å². The lowest BCUT2D eigenvalue weighted by Gasteiger charge is -2.28. The Balaban J connectivity index is 1.64. The van der Waals surface area contributed by atoms with Crippen LogP contribution in [0.15, 0.2) is 53.4 Å². The van der Waals surface area contributed by atoms with E-state index in [0.717, 1.165) is 41.5 Å². The summed E-state index contributed by atoms with van der Waals surface area (Å²) in [5.74, 6) is 0.430. The van der Waals surface area contributed by atoms with Gasteiger partial charge in [-0.05, 0) is 67.9 Å². The van der Waals surface area contributed by atoms with Crippen LogP contribution in [0.5, 0.6) is 5.75 Å². The van der Waals surface area contributed by atoms with Crippen LogP contribution in [0.25, 0.3) is 0 Å². The zero-order chi connectivity index (χ0) is 22.4. The fraction of sp³-hybridized carbons (Fsp3) is 0.409. The second-order valence-corrected chi connectivity index (χ2v) is 10.0. The minimum atomic E-state index is -3.78. The van der Waals surface area contributed by atoms with Crippen LogP contribution in [-0.2, 0) is 14.8 Å². The molecule has 1 N–H and O–H groups in total. The SMILES string of the molecule is COc1ccc(C(CNC(=O)CN(C)S(=O)(=O)c2ccc(Cl)cc2)N2CCCC2)cc1. The van der Waals surface area contributed by atoms with Crippen LogP contribution in [0.2, 0.25) is 5.02 Å². The maximum atomic E-state index is 12.7. The number of carbonyl (C=O) groups is 1. The number of likely N-dealkylation sites (tertiary alicyclic amines) is 1. The highest BCUT2D eigenvalue weighted by Gasteiger charge is 2.26. The summed E-state index contributed by atoms with van der Waals surface area (Å²) in [5.41, 5.74) is 1.09. The molecular weight excluding hydrogens is 438 g/mol. The summed E-state index contributed by atoms with van der Waals surface area (Å²) in [6.07, 6.45) is 2.26. The number of hydrogen-bond donors (Lipinski definition) is 1. The molecule has 9 heteroatoms. The Morgan fingerprint density at radius 3 is 2.32 bits per heavy atom. The molecule has 168 valence electrons. The van der Waals surface area contributed by atoms with E-state index < -0.39 is 10.0 Å². The van der Waals surface area contributed by atoms with E-state index in [-0.39, 0.29) is 23.4 Å². The monoisotopic (exact) mass is 465 g/mol. The first-order valence-corrected chi connectivity index (χ1v) is 12.0. The van der Waals surface area contributed by atoms with Gasteiger partial charge in [-0.2, -0.15) is 4.31 Å². The predicted octanol–water partition coefficient (Wildman–Crippen LogP) is 2.92. The number of ether oxygens (including phenoxy) is 1. The van der Waals surface area contributed by atoms with Gasteiger partial charge in [-0.3, -0.25) is 9.69 Å². The summed E-state index contributed by atoms with van der Waals surface area (Å²) in [5, 5.41) is 3.36. The molecule has 1 aliphatic heterocycles. The zero-order valence-electron chi connectivity index (χ0n) is 17.8. The van der Waals surface area contributed by atoms with Gasteiger partial charge in [-0.15, -0.1) is 0 Å². The summed E-state index contributed by atoms with van der Waals surface area (Å²) < 4.78 is 31.7. The van der Waals surface area contributed by atoms with Crippen molar-refractivity contribution in [3.8, 4) is 5.75 Å². The van der Waals surface area contributed by atoms with Gasteiger partial charge in [0.25, 0.3) is 0 Å². The molecule has 1 aliphatic rings. The lowest BCUT2D eigenvalue weighted by molar-refractivity contribution is -0.121. The maximum Gasteiger partial charge on any atom is 0.243 e. The van der Waals surface area contributed by atoms with Gasteiger partial charge < -0.3 is 10.1 Å². The zero-order valence-corrected chi connectivity index (χ0v) is 19.3. The van der Waals surface area contributed by atoms with E-state index in [9.17, 15) is 13.2 Å². The smallest absolute Gasteiger partial charge is 0.243 e. The number of nitrogens with zero attached hydrogens (tertiary/aromatic N) is 2. The molecule has 31 heavy (non-hydrogen) atoms. The fourth-order valence-corrected chi connectivity index (χ4v) is 4.93. The molecule has 0 saturated carbocycles. The number of amides is 1. The normalized spacial score (nSPS) is 15.7. The third-order valence-corrected chi connectivity index (χ3v) is 7.53. The lowest BCUT2D eigenvalue weighted by atomic mass is 10.1. The molecule has 0 aliphatic carbocycles. The van der Waals surface area contributed by atoms with Crippen molar-refractivity contribution in [3.63, 3.8) is 0 Å². The van der Waals surface area contributed by atoms with Crippen molar-refractivity contribution >= 4 is 27.5 Å². The molecule has 2 aromatic carbocycles. The Bertz CT molecular complexity index is 975. The Kier molecular flexibility index (Phi) is 7.94. The van der Waals surface area contributed by atoms with Gasteiger partial charge in [0.15, 0.2) is 0 Å². The number of benzene rings is 2. The Hall–Kier alpha value is -2.13. The third-order valence-electron chi connectivity index (χ3n) is 5.46. The third kappa shape index (κ3) is 5.98. The van der Waals surface area contributed by atoms with Gasteiger partial charge in [-0.25, -0.2) is 8.42 Å². The van der Waals surface area contributed by atoms with E-state index in [1.807, 2.05) is 24.3 Å². The molecule has 1 saturated heterocycles. The number of carbonyl (C=O) groups excluding carboxylic acids is 1. The van der Waals surface area contributed by atoms with E-state index in [1.165, 1.54) is 31.3 Å². The van der Waals surface area contributed by atoms with Crippen LogP contribution < -0.4 is 10.1 Å². The van der Waals surface area contributed by atoms with Crippen LogP contribution in [0.4, 0.5) is 0 Å². The van der Waals surface area contributed by atoms with Crippen molar-refractivity contribution in [1.82, 2.24) is 14.5 Å². The minimum Gasteiger partial charge on any atom is -0.497 e. The number of halogens is 1.